The highest BCUT2D eigenvalue weighted by atomic mass is 127. The number of rotatable bonds is 0. The van der Waals surface area contributed by atoms with Crippen LogP contribution in [-0.4, -0.2) is 15.6 Å². The van der Waals surface area contributed by atoms with Crippen LogP contribution >= 0.6 is 22.9 Å². The van der Waals surface area contributed by atoms with Crippen LogP contribution in [-0.2, 0) is 9.68 Å². The van der Waals surface area contributed by atoms with Crippen molar-refractivity contribution in [1.29, 1.82) is 0 Å². The Morgan fingerprint density at radius 2 is 2.19 bits per heavy atom. The Kier molecular flexibility index (Phi) is 3.34. The SMILES string of the molecule is Cc1ccc2c(c1)C(C)N(I)CC(=O)OO2. The van der Waals surface area contributed by atoms with Crippen molar-refractivity contribution in [2.75, 3.05) is 6.54 Å². The molecular weight excluding hydrogens is 321 g/mol. The second-order valence-corrected chi connectivity index (χ2v) is 5.05. The molecule has 4 nitrogen and oxygen atoms in total. The number of fused-ring (bicyclic) bond motifs is 1. The zero-order chi connectivity index (χ0) is 11.7. The van der Waals surface area contributed by atoms with E-state index < -0.39 is 0 Å². The standard InChI is InChI=1S/C11H12INO3/c1-7-3-4-10-9(5-7)8(2)13(12)6-11(14)16-15-10/h3-5,8H,6H2,1-2H3. The maximum Gasteiger partial charge on any atom is 0.370 e. The first-order chi connectivity index (χ1) is 7.58. The Morgan fingerprint density at radius 3 is 2.94 bits per heavy atom. The van der Waals surface area contributed by atoms with E-state index in [2.05, 4.69) is 27.8 Å². The minimum Gasteiger partial charge on any atom is -0.287 e. The smallest absolute Gasteiger partial charge is 0.287 e. The maximum atomic E-state index is 11.3. The van der Waals surface area contributed by atoms with Gasteiger partial charge in [0.15, 0.2) is 5.75 Å². The highest BCUT2D eigenvalue weighted by Crippen LogP contribution is 2.33. The van der Waals surface area contributed by atoms with Crippen LogP contribution in [0.25, 0.3) is 0 Å². The second kappa shape index (κ2) is 4.58. The first-order valence-corrected chi connectivity index (χ1v) is 5.94. The lowest BCUT2D eigenvalue weighted by molar-refractivity contribution is -0.215. The summed E-state index contributed by atoms with van der Waals surface area (Å²) in [5.41, 5.74) is 2.19. The monoisotopic (exact) mass is 333 g/mol. The summed E-state index contributed by atoms with van der Waals surface area (Å²) in [4.78, 5) is 21.0. The third kappa shape index (κ3) is 2.30. The van der Waals surface area contributed by atoms with Crippen LogP contribution in [0.4, 0.5) is 0 Å². The fourth-order valence-corrected chi connectivity index (χ4v) is 2.18. The molecule has 0 amide bonds. The molecule has 0 radical (unpaired) electrons. The summed E-state index contributed by atoms with van der Waals surface area (Å²) in [6, 6.07) is 5.91. The Hall–Kier alpha value is -0.820. The lowest BCUT2D eigenvalue weighted by Gasteiger charge is -2.25. The van der Waals surface area contributed by atoms with Gasteiger partial charge in [-0.15, -0.1) is 0 Å². The van der Waals surface area contributed by atoms with Gasteiger partial charge in [0.05, 0.1) is 0 Å². The third-order valence-corrected chi connectivity index (χ3v) is 3.72. The molecule has 0 saturated carbocycles. The summed E-state index contributed by atoms with van der Waals surface area (Å²) in [5.74, 6) is 0.222. The Bertz CT molecular complexity index is 422. The normalized spacial score (nSPS) is 21.4. The molecule has 1 aliphatic rings. The molecule has 1 heterocycles. The number of carbonyl (C=O) groups is 1. The van der Waals surface area contributed by atoms with Gasteiger partial charge in [0.25, 0.3) is 0 Å². The molecular formula is C11H12INO3. The quantitative estimate of drug-likeness (QED) is 0.416. The molecule has 5 heteroatoms. The number of carbonyl (C=O) groups excluding carboxylic acids is 1. The summed E-state index contributed by atoms with van der Waals surface area (Å²) < 4.78 is 1.90. The summed E-state index contributed by atoms with van der Waals surface area (Å²) in [6.07, 6.45) is 0. The molecule has 0 aliphatic carbocycles. The summed E-state index contributed by atoms with van der Waals surface area (Å²) in [6.45, 7) is 4.27. The first kappa shape index (κ1) is 11.7. The lowest BCUT2D eigenvalue weighted by atomic mass is 10.0. The van der Waals surface area contributed by atoms with Crippen LogP contribution in [0.15, 0.2) is 18.2 Å². The van der Waals surface area contributed by atoms with Gasteiger partial charge in [0.1, 0.15) is 6.54 Å². The Balaban J connectivity index is 2.42. The number of aryl methyl sites for hydroxylation is 1. The van der Waals surface area contributed by atoms with E-state index in [0.29, 0.717) is 5.75 Å². The molecule has 0 spiro atoms. The molecule has 0 saturated heterocycles. The van der Waals surface area contributed by atoms with Gasteiger partial charge in [-0.1, -0.05) is 17.7 Å². The molecule has 1 unspecified atom stereocenters. The van der Waals surface area contributed by atoms with Gasteiger partial charge in [0.2, 0.25) is 0 Å². The average molecular weight is 333 g/mol. The summed E-state index contributed by atoms with van der Waals surface area (Å²) in [5, 5.41) is 0. The van der Waals surface area contributed by atoms with Gasteiger partial charge in [-0.2, -0.15) is 0 Å². The van der Waals surface area contributed by atoms with Crippen LogP contribution in [0, 0.1) is 6.92 Å². The van der Waals surface area contributed by atoms with Crippen LogP contribution in [0.3, 0.4) is 0 Å². The fourth-order valence-electron chi connectivity index (χ4n) is 1.60. The minimum atomic E-state index is -0.382. The predicted octanol–water partition coefficient (Wildman–Crippen LogP) is 2.56. The molecule has 1 aliphatic heterocycles. The van der Waals surface area contributed by atoms with Crippen molar-refractivity contribution in [3.05, 3.63) is 29.3 Å². The van der Waals surface area contributed by atoms with Crippen molar-refractivity contribution in [3.63, 3.8) is 0 Å². The van der Waals surface area contributed by atoms with Crippen LogP contribution < -0.4 is 4.89 Å². The van der Waals surface area contributed by atoms with E-state index in [-0.39, 0.29) is 18.6 Å². The molecule has 0 fully saturated rings. The highest BCUT2D eigenvalue weighted by Gasteiger charge is 2.24. The number of hydrogen-bond acceptors (Lipinski definition) is 4. The van der Waals surface area contributed by atoms with Crippen molar-refractivity contribution in [2.24, 2.45) is 0 Å². The van der Waals surface area contributed by atoms with Crippen molar-refractivity contribution < 1.29 is 14.6 Å². The molecule has 2 rings (SSSR count). The first-order valence-electron chi connectivity index (χ1n) is 4.98. The molecule has 0 aromatic heterocycles. The van der Waals surface area contributed by atoms with Crippen molar-refractivity contribution in [1.82, 2.24) is 3.11 Å². The molecule has 0 N–H and O–H groups in total. The van der Waals surface area contributed by atoms with E-state index >= 15 is 0 Å². The van der Waals surface area contributed by atoms with E-state index in [4.69, 9.17) is 4.89 Å². The zero-order valence-corrected chi connectivity index (χ0v) is 11.2. The van der Waals surface area contributed by atoms with E-state index in [1.54, 1.807) is 0 Å². The molecule has 16 heavy (non-hydrogen) atoms. The van der Waals surface area contributed by atoms with Gasteiger partial charge in [-0.3, -0.25) is 4.89 Å². The second-order valence-electron chi connectivity index (χ2n) is 3.81. The van der Waals surface area contributed by atoms with E-state index in [0.717, 1.165) is 11.1 Å². The van der Waals surface area contributed by atoms with Gasteiger partial charge < -0.3 is 0 Å². The van der Waals surface area contributed by atoms with E-state index in [1.165, 1.54) is 0 Å². The van der Waals surface area contributed by atoms with Crippen LogP contribution in [0.2, 0.25) is 0 Å². The van der Waals surface area contributed by atoms with Crippen molar-refractivity contribution in [2.45, 2.75) is 19.9 Å². The summed E-state index contributed by atoms with van der Waals surface area (Å²) >= 11 is 2.13. The van der Waals surface area contributed by atoms with Crippen molar-refractivity contribution in [3.8, 4) is 5.75 Å². The molecule has 1 atom stereocenters. The average Bonchev–Trinajstić information content (AvgIpc) is 2.25. The number of halogens is 1. The van der Waals surface area contributed by atoms with Gasteiger partial charge in [-0.25, -0.2) is 12.8 Å². The van der Waals surface area contributed by atoms with Crippen LogP contribution in [0.5, 0.6) is 5.75 Å². The molecule has 0 bridgehead atoms. The van der Waals surface area contributed by atoms with Gasteiger partial charge >= 0.3 is 5.97 Å². The van der Waals surface area contributed by atoms with Crippen molar-refractivity contribution >= 4 is 28.8 Å². The number of hydrogen-bond donors (Lipinski definition) is 0. The Labute approximate surface area is 108 Å². The molecule has 86 valence electrons. The van der Waals surface area contributed by atoms with Gasteiger partial charge in [-0.05, 0) is 19.9 Å². The minimum absolute atomic E-state index is 0.114. The summed E-state index contributed by atoms with van der Waals surface area (Å²) in [7, 11) is 0. The maximum absolute atomic E-state index is 11.3. The molecule has 1 aromatic rings. The largest absolute Gasteiger partial charge is 0.370 e. The van der Waals surface area contributed by atoms with E-state index in [9.17, 15) is 4.79 Å². The van der Waals surface area contributed by atoms with Gasteiger partial charge in [0, 0.05) is 34.5 Å². The zero-order valence-electron chi connectivity index (χ0n) is 9.07. The van der Waals surface area contributed by atoms with Crippen LogP contribution in [0.1, 0.15) is 24.1 Å². The number of nitrogens with zero attached hydrogens (tertiary/aromatic N) is 1. The number of benzene rings is 1. The van der Waals surface area contributed by atoms with E-state index in [1.807, 2.05) is 35.2 Å². The fraction of sp³-hybridized carbons (Fsp3) is 0.364. The Morgan fingerprint density at radius 1 is 1.44 bits per heavy atom. The third-order valence-electron chi connectivity index (χ3n) is 2.54. The predicted molar refractivity (Wildman–Crippen MR) is 67.0 cm³/mol. The highest BCUT2D eigenvalue weighted by molar-refractivity contribution is 14.1. The lowest BCUT2D eigenvalue weighted by Crippen LogP contribution is -2.29. The molecule has 1 aromatic carbocycles. The topological polar surface area (TPSA) is 38.8 Å².